The Hall–Kier alpha value is -3.14. The summed E-state index contributed by atoms with van der Waals surface area (Å²) in [5, 5.41) is 9.49. The summed E-state index contributed by atoms with van der Waals surface area (Å²) in [5.41, 5.74) is 2.43. The molecule has 0 aliphatic carbocycles. The highest BCUT2D eigenvalue weighted by molar-refractivity contribution is 6.13. The Bertz CT molecular complexity index is 894. The van der Waals surface area contributed by atoms with E-state index in [1.807, 2.05) is 6.07 Å². The number of ether oxygens (including phenoxy) is 2. The molecule has 0 aromatic heterocycles. The van der Waals surface area contributed by atoms with E-state index in [1.54, 1.807) is 26.0 Å². The molecule has 0 N–H and O–H groups in total. The van der Waals surface area contributed by atoms with Crippen LogP contribution in [0, 0.1) is 11.3 Å². The second kappa shape index (κ2) is 6.64. The lowest BCUT2D eigenvalue weighted by Gasteiger charge is -2.21. The van der Waals surface area contributed by atoms with Gasteiger partial charge in [-0.05, 0) is 49.1 Å². The number of nitrogens with zero attached hydrogens (tertiary/aromatic N) is 2. The summed E-state index contributed by atoms with van der Waals surface area (Å²) in [4.78, 5) is 39.0. The molecule has 2 aliphatic heterocycles. The molecule has 7 nitrogen and oxygen atoms in total. The first-order valence-electron chi connectivity index (χ1n) is 8.29. The lowest BCUT2D eigenvalue weighted by molar-refractivity contribution is -0.143. The molecule has 0 saturated heterocycles. The molecule has 0 saturated carbocycles. The molecule has 1 atom stereocenters. The van der Waals surface area contributed by atoms with Crippen molar-refractivity contribution in [1.82, 2.24) is 0 Å². The van der Waals surface area contributed by atoms with E-state index in [0.29, 0.717) is 35.4 Å². The van der Waals surface area contributed by atoms with Crippen molar-refractivity contribution in [3.8, 4) is 6.07 Å². The van der Waals surface area contributed by atoms with Gasteiger partial charge in [-0.3, -0.25) is 9.59 Å². The van der Waals surface area contributed by atoms with E-state index in [9.17, 15) is 19.6 Å². The van der Waals surface area contributed by atoms with E-state index in [2.05, 4.69) is 0 Å². The van der Waals surface area contributed by atoms with Crippen LogP contribution in [0.5, 0.6) is 0 Å². The van der Waals surface area contributed by atoms with Gasteiger partial charge in [0.25, 0.3) is 5.91 Å². The molecule has 3 rings (SSSR count). The highest BCUT2D eigenvalue weighted by Gasteiger charge is 2.41. The van der Waals surface area contributed by atoms with Gasteiger partial charge in [0.05, 0.1) is 25.0 Å². The molecule has 7 heteroatoms. The van der Waals surface area contributed by atoms with E-state index < -0.39 is 23.8 Å². The Kier molecular flexibility index (Phi) is 4.51. The van der Waals surface area contributed by atoms with Crippen molar-refractivity contribution >= 4 is 23.5 Å². The zero-order valence-corrected chi connectivity index (χ0v) is 14.8. The Balaban J connectivity index is 2.32. The van der Waals surface area contributed by atoms with Gasteiger partial charge in [-0.2, -0.15) is 5.26 Å². The molecule has 0 bridgehead atoms. The van der Waals surface area contributed by atoms with Crippen LogP contribution >= 0.6 is 0 Å². The number of hydrogen-bond donors (Lipinski definition) is 0. The first-order valence-corrected chi connectivity index (χ1v) is 8.29. The van der Waals surface area contributed by atoms with Crippen molar-refractivity contribution in [2.45, 2.75) is 26.2 Å². The SMILES string of the molecule is CCOC(=O)C1C(C)=C(C#N)C(=O)N2CCc3cc(C(=O)OC)cc1c32. The minimum Gasteiger partial charge on any atom is -0.465 e. The average molecular weight is 354 g/mol. The van der Waals surface area contributed by atoms with Crippen molar-refractivity contribution < 1.29 is 23.9 Å². The van der Waals surface area contributed by atoms with Crippen LogP contribution in [0.25, 0.3) is 0 Å². The molecule has 134 valence electrons. The molecule has 2 aliphatic rings. The molecular formula is C19H18N2O5. The lowest BCUT2D eigenvalue weighted by Crippen LogP contribution is -2.29. The van der Waals surface area contributed by atoms with E-state index in [-0.39, 0.29) is 12.2 Å². The second-order valence-corrected chi connectivity index (χ2v) is 6.13. The van der Waals surface area contributed by atoms with E-state index >= 15 is 0 Å². The molecule has 1 amide bonds. The molecule has 2 heterocycles. The standard InChI is InChI=1S/C19H18N2O5/c1-4-26-19(24)15-10(2)14(9-20)17(22)21-6-5-11-7-12(18(23)25-3)8-13(15)16(11)21/h7-8,15H,4-6H2,1-3H3. The fourth-order valence-electron chi connectivity index (χ4n) is 3.59. The fourth-order valence-corrected chi connectivity index (χ4v) is 3.59. The van der Waals surface area contributed by atoms with Crippen LogP contribution in [0.4, 0.5) is 5.69 Å². The van der Waals surface area contributed by atoms with Gasteiger partial charge in [-0.15, -0.1) is 0 Å². The van der Waals surface area contributed by atoms with Crippen LogP contribution in [0.1, 0.15) is 41.3 Å². The van der Waals surface area contributed by atoms with Crippen LogP contribution in [-0.2, 0) is 25.5 Å². The number of anilines is 1. The number of carbonyl (C=O) groups excluding carboxylic acids is 3. The summed E-state index contributed by atoms with van der Waals surface area (Å²) in [5.74, 6) is -2.43. The highest BCUT2D eigenvalue weighted by Crippen LogP contribution is 2.44. The number of esters is 2. The number of benzene rings is 1. The van der Waals surface area contributed by atoms with Crippen LogP contribution < -0.4 is 4.90 Å². The van der Waals surface area contributed by atoms with Gasteiger partial charge in [0, 0.05) is 6.54 Å². The maximum Gasteiger partial charge on any atom is 0.337 e. The number of amides is 1. The highest BCUT2D eigenvalue weighted by atomic mass is 16.5. The lowest BCUT2D eigenvalue weighted by atomic mass is 9.87. The molecule has 1 aromatic carbocycles. The molecule has 0 spiro atoms. The normalized spacial score (nSPS) is 18.2. The maximum atomic E-state index is 12.8. The first-order chi connectivity index (χ1) is 12.4. The third-order valence-electron chi connectivity index (χ3n) is 4.75. The third kappa shape index (κ3) is 2.54. The van der Waals surface area contributed by atoms with Crippen LogP contribution in [0.2, 0.25) is 0 Å². The number of carbonyl (C=O) groups is 3. The number of hydrogen-bond acceptors (Lipinski definition) is 6. The number of methoxy groups -OCH3 is 1. The molecule has 1 unspecified atom stereocenters. The molecule has 26 heavy (non-hydrogen) atoms. The van der Waals surface area contributed by atoms with E-state index in [0.717, 1.165) is 5.56 Å². The van der Waals surface area contributed by atoms with Gasteiger partial charge in [0.15, 0.2) is 0 Å². The van der Waals surface area contributed by atoms with Crippen molar-refractivity contribution in [1.29, 1.82) is 5.26 Å². The van der Waals surface area contributed by atoms with Crippen LogP contribution in [0.3, 0.4) is 0 Å². The van der Waals surface area contributed by atoms with Gasteiger partial charge in [-0.1, -0.05) is 0 Å². The van der Waals surface area contributed by atoms with Gasteiger partial charge in [0.1, 0.15) is 17.6 Å². The zero-order valence-electron chi connectivity index (χ0n) is 14.8. The largest absolute Gasteiger partial charge is 0.465 e. The minimum atomic E-state index is -0.921. The quantitative estimate of drug-likeness (QED) is 0.769. The van der Waals surface area contributed by atoms with Gasteiger partial charge in [0.2, 0.25) is 0 Å². The number of rotatable bonds is 3. The Labute approximate surface area is 150 Å². The first kappa shape index (κ1) is 17.7. The topological polar surface area (TPSA) is 96.7 Å². The summed E-state index contributed by atoms with van der Waals surface area (Å²) < 4.78 is 9.99. The van der Waals surface area contributed by atoms with Crippen LogP contribution in [0.15, 0.2) is 23.3 Å². The number of nitriles is 1. The summed E-state index contributed by atoms with van der Waals surface area (Å²) in [7, 11) is 1.28. The predicted molar refractivity (Wildman–Crippen MR) is 91.5 cm³/mol. The summed E-state index contributed by atoms with van der Waals surface area (Å²) in [6.07, 6.45) is 0.534. The maximum absolute atomic E-state index is 12.8. The zero-order chi connectivity index (χ0) is 19.0. The minimum absolute atomic E-state index is 0.0632. The molecule has 0 fully saturated rings. The molecule has 1 aromatic rings. The van der Waals surface area contributed by atoms with E-state index in [1.165, 1.54) is 12.0 Å². The third-order valence-corrected chi connectivity index (χ3v) is 4.75. The molecular weight excluding hydrogens is 336 g/mol. The fraction of sp³-hybridized carbons (Fsp3) is 0.368. The van der Waals surface area contributed by atoms with Crippen LogP contribution in [-0.4, -0.2) is 38.1 Å². The average Bonchev–Trinajstić information content (AvgIpc) is 3.02. The van der Waals surface area contributed by atoms with E-state index in [4.69, 9.17) is 9.47 Å². The Morgan fingerprint density at radius 1 is 1.38 bits per heavy atom. The van der Waals surface area contributed by atoms with Gasteiger partial charge < -0.3 is 14.4 Å². The van der Waals surface area contributed by atoms with Crippen molar-refractivity contribution in [3.05, 3.63) is 40.0 Å². The summed E-state index contributed by atoms with van der Waals surface area (Å²) in [6, 6.07) is 5.16. The Morgan fingerprint density at radius 3 is 2.73 bits per heavy atom. The summed E-state index contributed by atoms with van der Waals surface area (Å²) >= 11 is 0. The van der Waals surface area contributed by atoms with Crippen molar-refractivity contribution in [2.24, 2.45) is 0 Å². The Morgan fingerprint density at radius 2 is 2.12 bits per heavy atom. The smallest absolute Gasteiger partial charge is 0.337 e. The predicted octanol–water partition coefficient (Wildman–Crippen LogP) is 1.86. The second-order valence-electron chi connectivity index (χ2n) is 6.13. The van der Waals surface area contributed by atoms with Gasteiger partial charge >= 0.3 is 11.9 Å². The monoisotopic (exact) mass is 354 g/mol. The van der Waals surface area contributed by atoms with Crippen molar-refractivity contribution in [3.63, 3.8) is 0 Å². The van der Waals surface area contributed by atoms with Gasteiger partial charge in [-0.25, -0.2) is 4.79 Å². The summed E-state index contributed by atoms with van der Waals surface area (Å²) in [6.45, 7) is 3.82. The van der Waals surface area contributed by atoms with Crippen molar-refractivity contribution in [2.75, 3.05) is 25.2 Å². The molecule has 0 radical (unpaired) electrons.